The Morgan fingerprint density at radius 2 is 1.50 bits per heavy atom. The number of benzene rings is 2. The van der Waals surface area contributed by atoms with E-state index < -0.39 is 0 Å². The van der Waals surface area contributed by atoms with Crippen molar-refractivity contribution < 1.29 is 23.7 Å². The average molecular weight is 430 g/mol. The Morgan fingerprint density at radius 3 is 2.07 bits per heavy atom. The first-order chi connectivity index (χ1) is 14.6. The molecule has 0 aliphatic heterocycles. The lowest BCUT2D eigenvalue weighted by atomic mass is 10.2. The molecule has 0 saturated heterocycles. The first-order valence-electron chi connectivity index (χ1n) is 8.80. The second-order valence-corrected chi connectivity index (χ2v) is 6.32. The van der Waals surface area contributed by atoms with Crippen LogP contribution in [0.2, 0.25) is 0 Å². The van der Waals surface area contributed by atoms with Gasteiger partial charge < -0.3 is 23.7 Å². The van der Waals surface area contributed by atoms with Crippen LogP contribution in [0.1, 0.15) is 5.56 Å². The van der Waals surface area contributed by atoms with Crippen LogP contribution in [0.4, 0.5) is 0 Å². The second-order valence-electron chi connectivity index (χ2n) is 5.94. The van der Waals surface area contributed by atoms with Gasteiger partial charge in [0.15, 0.2) is 28.8 Å². The number of rotatable bonds is 8. The smallest absolute Gasteiger partial charge is 0.216 e. The molecule has 0 fully saturated rings. The van der Waals surface area contributed by atoms with E-state index in [1.54, 1.807) is 66.0 Å². The number of methoxy groups -OCH3 is 5. The number of H-pyrrole nitrogens is 1. The van der Waals surface area contributed by atoms with E-state index in [1.165, 1.54) is 4.68 Å². The number of hydrogen-bond acceptors (Lipinski definition) is 8. The second kappa shape index (κ2) is 9.31. The molecular formula is C20H22N4O5S. The van der Waals surface area contributed by atoms with Crippen molar-refractivity contribution in [2.75, 3.05) is 35.5 Å². The molecule has 30 heavy (non-hydrogen) atoms. The SMILES string of the molecule is COc1ccc(-c2n[nH]c(=S)n2/N=C/c2cc(OC)c(OC)c(OC)c2)cc1OC. The van der Waals surface area contributed by atoms with Crippen LogP contribution in [-0.2, 0) is 0 Å². The van der Waals surface area contributed by atoms with Crippen molar-refractivity contribution >= 4 is 18.4 Å². The zero-order valence-corrected chi connectivity index (χ0v) is 18.1. The Kier molecular flexibility index (Phi) is 6.58. The van der Waals surface area contributed by atoms with E-state index in [9.17, 15) is 0 Å². The third-order valence-corrected chi connectivity index (χ3v) is 4.57. The minimum Gasteiger partial charge on any atom is -0.493 e. The summed E-state index contributed by atoms with van der Waals surface area (Å²) in [4.78, 5) is 0. The Labute approximate surface area is 178 Å². The molecule has 1 heterocycles. The molecule has 3 aromatic rings. The molecule has 0 aliphatic carbocycles. The van der Waals surface area contributed by atoms with Crippen LogP contribution < -0.4 is 23.7 Å². The van der Waals surface area contributed by atoms with Crippen LogP contribution in [0.3, 0.4) is 0 Å². The van der Waals surface area contributed by atoms with E-state index in [0.29, 0.717) is 39.3 Å². The Morgan fingerprint density at radius 1 is 0.867 bits per heavy atom. The van der Waals surface area contributed by atoms with Crippen LogP contribution >= 0.6 is 12.2 Å². The van der Waals surface area contributed by atoms with E-state index in [1.807, 2.05) is 6.07 Å². The lowest BCUT2D eigenvalue weighted by Crippen LogP contribution is -1.99. The van der Waals surface area contributed by atoms with Gasteiger partial charge in [0.1, 0.15) is 0 Å². The number of aromatic nitrogens is 3. The normalized spacial score (nSPS) is 10.8. The van der Waals surface area contributed by atoms with Gasteiger partial charge >= 0.3 is 0 Å². The molecule has 0 unspecified atom stereocenters. The summed E-state index contributed by atoms with van der Waals surface area (Å²) in [7, 11) is 7.81. The van der Waals surface area contributed by atoms with Gasteiger partial charge in [-0.2, -0.15) is 14.9 Å². The van der Waals surface area contributed by atoms with Crippen LogP contribution in [-0.4, -0.2) is 56.6 Å². The standard InChI is InChI=1S/C20H22N4O5S/c1-25-14-7-6-13(10-15(14)26-2)19-22-23-20(30)24(19)21-11-12-8-16(27-3)18(29-5)17(9-12)28-4/h6-11H,1-5H3,(H,23,30)/b21-11+. The van der Waals surface area contributed by atoms with Crippen LogP contribution in [0.15, 0.2) is 35.4 Å². The quantitative estimate of drug-likeness (QED) is 0.432. The summed E-state index contributed by atoms with van der Waals surface area (Å²) in [6.45, 7) is 0. The van der Waals surface area contributed by atoms with Crippen molar-refractivity contribution in [1.29, 1.82) is 0 Å². The molecular weight excluding hydrogens is 408 g/mol. The highest BCUT2D eigenvalue weighted by Crippen LogP contribution is 2.38. The molecule has 0 bridgehead atoms. The Balaban J connectivity index is 2.03. The Hall–Kier alpha value is -3.53. The highest BCUT2D eigenvalue weighted by molar-refractivity contribution is 7.71. The van der Waals surface area contributed by atoms with Crippen LogP contribution in [0, 0.1) is 4.77 Å². The van der Waals surface area contributed by atoms with Gasteiger partial charge in [0.25, 0.3) is 0 Å². The summed E-state index contributed by atoms with van der Waals surface area (Å²) in [5, 5.41) is 11.5. The van der Waals surface area contributed by atoms with Crippen molar-refractivity contribution in [1.82, 2.24) is 14.9 Å². The van der Waals surface area contributed by atoms with E-state index in [-0.39, 0.29) is 0 Å². The Bertz CT molecular complexity index is 1100. The summed E-state index contributed by atoms with van der Waals surface area (Å²) >= 11 is 5.34. The largest absolute Gasteiger partial charge is 0.493 e. The molecule has 10 heteroatoms. The molecule has 0 atom stereocenters. The molecule has 9 nitrogen and oxygen atoms in total. The molecule has 0 radical (unpaired) electrons. The van der Waals surface area contributed by atoms with E-state index in [4.69, 9.17) is 35.9 Å². The van der Waals surface area contributed by atoms with Gasteiger partial charge in [0.05, 0.1) is 41.8 Å². The van der Waals surface area contributed by atoms with Gasteiger partial charge in [0.2, 0.25) is 10.5 Å². The minimum absolute atomic E-state index is 0.337. The molecule has 0 saturated carbocycles. The van der Waals surface area contributed by atoms with Crippen molar-refractivity contribution in [2.45, 2.75) is 0 Å². The fourth-order valence-electron chi connectivity index (χ4n) is 2.86. The molecule has 1 N–H and O–H groups in total. The average Bonchev–Trinajstić information content (AvgIpc) is 3.16. The first kappa shape index (κ1) is 21.2. The molecule has 158 valence electrons. The summed E-state index contributed by atoms with van der Waals surface area (Å²) in [6, 6.07) is 9.00. The maximum atomic E-state index is 5.38. The maximum absolute atomic E-state index is 5.38. The minimum atomic E-state index is 0.337. The van der Waals surface area contributed by atoms with Crippen molar-refractivity contribution in [3.05, 3.63) is 40.7 Å². The summed E-state index contributed by atoms with van der Waals surface area (Å²) in [6.07, 6.45) is 1.63. The molecule has 0 amide bonds. The summed E-state index contributed by atoms with van der Waals surface area (Å²) < 4.78 is 28.6. The van der Waals surface area contributed by atoms with Gasteiger partial charge in [-0.1, -0.05) is 0 Å². The predicted octanol–water partition coefficient (Wildman–Crippen LogP) is 3.53. The van der Waals surface area contributed by atoms with Gasteiger partial charge in [-0.3, -0.25) is 0 Å². The fraction of sp³-hybridized carbons (Fsp3) is 0.250. The molecule has 1 aromatic heterocycles. The van der Waals surface area contributed by atoms with Crippen LogP contribution in [0.5, 0.6) is 28.7 Å². The van der Waals surface area contributed by atoms with Gasteiger partial charge in [0, 0.05) is 11.1 Å². The molecule has 2 aromatic carbocycles. The van der Waals surface area contributed by atoms with E-state index in [2.05, 4.69) is 15.3 Å². The predicted molar refractivity (Wildman–Crippen MR) is 115 cm³/mol. The number of nitrogens with zero attached hydrogens (tertiary/aromatic N) is 3. The number of aromatic amines is 1. The van der Waals surface area contributed by atoms with Gasteiger partial charge in [-0.05, 0) is 42.5 Å². The highest BCUT2D eigenvalue weighted by atomic mass is 32.1. The summed E-state index contributed by atoms with van der Waals surface area (Å²) in [5.74, 6) is 3.25. The maximum Gasteiger partial charge on any atom is 0.216 e. The number of ether oxygens (including phenoxy) is 5. The van der Waals surface area contributed by atoms with Gasteiger partial charge in [-0.25, -0.2) is 5.10 Å². The van der Waals surface area contributed by atoms with Crippen molar-refractivity contribution in [2.24, 2.45) is 5.10 Å². The monoisotopic (exact) mass is 430 g/mol. The topological polar surface area (TPSA) is 92.1 Å². The highest BCUT2D eigenvalue weighted by Gasteiger charge is 2.14. The zero-order valence-electron chi connectivity index (χ0n) is 17.3. The third-order valence-electron chi connectivity index (χ3n) is 4.30. The van der Waals surface area contributed by atoms with Crippen molar-refractivity contribution in [3.8, 4) is 40.1 Å². The van der Waals surface area contributed by atoms with Crippen molar-refractivity contribution in [3.63, 3.8) is 0 Å². The lowest BCUT2D eigenvalue weighted by molar-refractivity contribution is 0.324. The van der Waals surface area contributed by atoms with Gasteiger partial charge in [-0.15, -0.1) is 0 Å². The van der Waals surface area contributed by atoms with E-state index >= 15 is 0 Å². The lowest BCUT2D eigenvalue weighted by Gasteiger charge is -2.12. The number of nitrogens with one attached hydrogen (secondary N) is 1. The summed E-state index contributed by atoms with van der Waals surface area (Å²) in [5.41, 5.74) is 1.48. The molecule has 3 rings (SSSR count). The number of hydrogen-bond donors (Lipinski definition) is 1. The first-order valence-corrected chi connectivity index (χ1v) is 9.21. The third kappa shape index (κ3) is 4.08. The molecule has 0 aliphatic rings. The van der Waals surface area contributed by atoms with E-state index in [0.717, 1.165) is 11.1 Å². The molecule has 0 spiro atoms. The zero-order chi connectivity index (χ0) is 21.7. The van der Waals surface area contributed by atoms with Crippen LogP contribution in [0.25, 0.3) is 11.4 Å². The fourth-order valence-corrected chi connectivity index (χ4v) is 3.04.